The second-order valence-electron chi connectivity index (χ2n) is 6.06. The number of nitrogens with zero attached hydrogens (tertiary/aromatic N) is 2. The van der Waals surface area contributed by atoms with E-state index in [1.165, 1.54) is 0 Å². The van der Waals surface area contributed by atoms with Crippen molar-refractivity contribution in [2.24, 2.45) is 5.92 Å². The van der Waals surface area contributed by atoms with E-state index in [1.807, 2.05) is 37.3 Å². The molecule has 0 aliphatic carbocycles. The Labute approximate surface area is 137 Å². The lowest BCUT2D eigenvalue weighted by Crippen LogP contribution is -2.16. The van der Waals surface area contributed by atoms with Crippen LogP contribution in [0.1, 0.15) is 31.4 Å². The number of nitrogens with one attached hydrogen (secondary N) is 2. The molecule has 1 aromatic heterocycles. The molecular weight excluding hydrogens is 288 g/mol. The van der Waals surface area contributed by atoms with E-state index in [1.54, 1.807) is 6.07 Å². The van der Waals surface area contributed by atoms with E-state index >= 15 is 0 Å². The number of aryl methyl sites for hydroxylation is 1. The van der Waals surface area contributed by atoms with Crippen molar-refractivity contribution in [2.45, 2.75) is 33.6 Å². The van der Waals surface area contributed by atoms with Gasteiger partial charge in [0.25, 0.3) is 0 Å². The fraction of sp³-hybridized carbons (Fsp3) is 0.389. The van der Waals surface area contributed by atoms with Gasteiger partial charge in [-0.2, -0.15) is 0 Å². The molecule has 1 aromatic carbocycles. The Bertz CT molecular complexity index is 638. The lowest BCUT2D eigenvalue weighted by molar-refractivity contribution is -0.115. The molecule has 0 unspecified atom stereocenters. The molecular formula is C18H24N4O. The molecule has 0 atom stereocenters. The van der Waals surface area contributed by atoms with Crippen LogP contribution < -0.4 is 10.6 Å². The Balaban J connectivity index is 1.85. The summed E-state index contributed by atoms with van der Waals surface area (Å²) in [6, 6.07) is 11.5. The third-order valence-electron chi connectivity index (χ3n) is 3.57. The monoisotopic (exact) mass is 312 g/mol. The molecule has 0 spiro atoms. The fourth-order valence-corrected chi connectivity index (χ4v) is 2.15. The van der Waals surface area contributed by atoms with E-state index < -0.39 is 0 Å². The number of rotatable bonds is 7. The lowest BCUT2D eigenvalue weighted by atomic mass is 10.1. The highest BCUT2D eigenvalue weighted by atomic mass is 16.1. The van der Waals surface area contributed by atoms with E-state index in [9.17, 15) is 4.79 Å². The smallest absolute Gasteiger partial charge is 0.230 e. The quantitative estimate of drug-likeness (QED) is 0.822. The summed E-state index contributed by atoms with van der Waals surface area (Å²) in [7, 11) is 0. The standard InChI is InChI=1S/C18H24N4O/c1-13(2)10-11-19-16-8-9-17(22-21-16)20-18(23)12-15-7-5-4-6-14(15)3/h4-9,13H,10-12H2,1-3H3,(H,19,21)(H,20,22,23). The van der Waals surface area contributed by atoms with Gasteiger partial charge < -0.3 is 10.6 Å². The highest BCUT2D eigenvalue weighted by molar-refractivity contribution is 5.91. The van der Waals surface area contributed by atoms with Crippen molar-refractivity contribution in [3.63, 3.8) is 0 Å². The Kier molecular flexibility index (Phi) is 6.09. The highest BCUT2D eigenvalue weighted by Gasteiger charge is 2.07. The molecule has 5 heteroatoms. The van der Waals surface area contributed by atoms with Crippen LogP contribution in [0, 0.1) is 12.8 Å². The van der Waals surface area contributed by atoms with Gasteiger partial charge in [0.05, 0.1) is 6.42 Å². The molecule has 5 nitrogen and oxygen atoms in total. The molecule has 0 aliphatic heterocycles. The van der Waals surface area contributed by atoms with Gasteiger partial charge in [0, 0.05) is 6.54 Å². The van der Waals surface area contributed by atoms with Crippen molar-refractivity contribution in [1.82, 2.24) is 10.2 Å². The Hall–Kier alpha value is -2.43. The Morgan fingerprint density at radius 1 is 1.09 bits per heavy atom. The SMILES string of the molecule is Cc1ccccc1CC(=O)Nc1ccc(NCCC(C)C)nn1. The van der Waals surface area contributed by atoms with Gasteiger partial charge >= 0.3 is 0 Å². The fourth-order valence-electron chi connectivity index (χ4n) is 2.15. The summed E-state index contributed by atoms with van der Waals surface area (Å²) in [5.74, 6) is 1.75. The van der Waals surface area contributed by atoms with E-state index in [0.29, 0.717) is 18.2 Å². The number of benzene rings is 1. The second kappa shape index (κ2) is 8.27. The van der Waals surface area contributed by atoms with Crippen molar-refractivity contribution < 1.29 is 4.79 Å². The average Bonchev–Trinajstić information content (AvgIpc) is 2.51. The number of carbonyl (C=O) groups excluding carboxylic acids is 1. The molecule has 2 aromatic rings. The average molecular weight is 312 g/mol. The summed E-state index contributed by atoms with van der Waals surface area (Å²) >= 11 is 0. The van der Waals surface area contributed by atoms with Gasteiger partial charge in [-0.25, -0.2) is 0 Å². The van der Waals surface area contributed by atoms with Crippen molar-refractivity contribution in [1.29, 1.82) is 0 Å². The highest BCUT2D eigenvalue weighted by Crippen LogP contribution is 2.10. The molecule has 0 bridgehead atoms. The Morgan fingerprint density at radius 3 is 2.43 bits per heavy atom. The van der Waals surface area contributed by atoms with E-state index in [0.717, 1.165) is 29.9 Å². The molecule has 23 heavy (non-hydrogen) atoms. The van der Waals surface area contributed by atoms with Crippen LogP contribution in [0.3, 0.4) is 0 Å². The van der Waals surface area contributed by atoms with Crippen LogP contribution >= 0.6 is 0 Å². The number of anilines is 2. The zero-order chi connectivity index (χ0) is 16.7. The molecule has 2 N–H and O–H groups in total. The molecule has 0 saturated heterocycles. The molecule has 1 amide bonds. The third-order valence-corrected chi connectivity index (χ3v) is 3.57. The van der Waals surface area contributed by atoms with Crippen LogP contribution in [0.2, 0.25) is 0 Å². The van der Waals surface area contributed by atoms with Crippen LogP contribution in [0.15, 0.2) is 36.4 Å². The minimum atomic E-state index is -0.0888. The minimum absolute atomic E-state index is 0.0888. The third kappa shape index (κ3) is 5.70. The van der Waals surface area contributed by atoms with E-state index in [4.69, 9.17) is 0 Å². The first-order valence-electron chi connectivity index (χ1n) is 7.96. The van der Waals surface area contributed by atoms with Gasteiger partial charge in [0.2, 0.25) is 5.91 Å². The van der Waals surface area contributed by atoms with E-state index in [2.05, 4.69) is 34.7 Å². The van der Waals surface area contributed by atoms with Crippen molar-refractivity contribution >= 4 is 17.5 Å². The molecule has 0 aliphatic rings. The van der Waals surface area contributed by atoms with Crippen molar-refractivity contribution in [3.8, 4) is 0 Å². The number of hydrogen-bond donors (Lipinski definition) is 2. The molecule has 0 radical (unpaired) electrons. The summed E-state index contributed by atoms with van der Waals surface area (Å²) in [5.41, 5.74) is 2.13. The maximum absolute atomic E-state index is 12.1. The predicted octanol–water partition coefficient (Wildman–Crippen LogP) is 3.42. The number of amides is 1. The van der Waals surface area contributed by atoms with Crippen molar-refractivity contribution in [2.75, 3.05) is 17.2 Å². The van der Waals surface area contributed by atoms with Gasteiger partial charge in [-0.15, -0.1) is 10.2 Å². The number of hydrogen-bond acceptors (Lipinski definition) is 4. The summed E-state index contributed by atoms with van der Waals surface area (Å²) in [6.45, 7) is 7.23. The van der Waals surface area contributed by atoms with Crippen molar-refractivity contribution in [3.05, 3.63) is 47.5 Å². The summed E-state index contributed by atoms with van der Waals surface area (Å²) < 4.78 is 0. The predicted molar refractivity (Wildman–Crippen MR) is 93.5 cm³/mol. The zero-order valence-electron chi connectivity index (χ0n) is 14.0. The molecule has 122 valence electrons. The molecule has 1 heterocycles. The number of carbonyl (C=O) groups is 1. The second-order valence-corrected chi connectivity index (χ2v) is 6.06. The van der Waals surface area contributed by atoms with E-state index in [-0.39, 0.29) is 5.91 Å². The van der Waals surface area contributed by atoms with Gasteiger partial charge in [-0.05, 0) is 42.5 Å². The lowest BCUT2D eigenvalue weighted by Gasteiger charge is -2.08. The minimum Gasteiger partial charge on any atom is -0.369 e. The largest absolute Gasteiger partial charge is 0.369 e. The molecule has 0 saturated carbocycles. The first-order valence-corrected chi connectivity index (χ1v) is 7.96. The summed E-state index contributed by atoms with van der Waals surface area (Å²) in [5, 5.41) is 14.1. The molecule has 0 fully saturated rings. The van der Waals surface area contributed by atoms with Crippen LogP contribution in [0.5, 0.6) is 0 Å². The maximum atomic E-state index is 12.1. The molecule has 2 rings (SSSR count). The van der Waals surface area contributed by atoms with Gasteiger partial charge in [-0.1, -0.05) is 38.1 Å². The maximum Gasteiger partial charge on any atom is 0.230 e. The van der Waals surface area contributed by atoms with Gasteiger partial charge in [-0.3, -0.25) is 4.79 Å². The van der Waals surface area contributed by atoms with Crippen LogP contribution in [-0.2, 0) is 11.2 Å². The summed E-state index contributed by atoms with van der Waals surface area (Å²) in [4.78, 5) is 12.1. The van der Waals surface area contributed by atoms with Gasteiger partial charge in [0.15, 0.2) is 5.82 Å². The number of aromatic nitrogens is 2. The van der Waals surface area contributed by atoms with Crippen LogP contribution in [0.25, 0.3) is 0 Å². The first kappa shape index (κ1) is 16.9. The summed E-state index contributed by atoms with van der Waals surface area (Å²) in [6.07, 6.45) is 1.42. The Morgan fingerprint density at radius 2 is 1.78 bits per heavy atom. The van der Waals surface area contributed by atoms with Gasteiger partial charge in [0.1, 0.15) is 5.82 Å². The zero-order valence-corrected chi connectivity index (χ0v) is 14.0. The topological polar surface area (TPSA) is 66.9 Å². The normalized spacial score (nSPS) is 10.6. The first-order chi connectivity index (χ1) is 11.0. The van der Waals surface area contributed by atoms with Crippen LogP contribution in [-0.4, -0.2) is 22.6 Å². The van der Waals surface area contributed by atoms with Crippen LogP contribution in [0.4, 0.5) is 11.6 Å².